The fourth-order valence-electron chi connectivity index (χ4n) is 2.64. The van der Waals surface area contributed by atoms with Crippen LogP contribution in [0.15, 0.2) is 22.7 Å². The standard InChI is InChI=1S/C16H22BrNO3/c1-11(19)14-8-7-12(17)9-15(14)21-10-16(20)18-13-5-3-2-4-6-13/h7-9,11,13,19H,2-6,10H2,1H3,(H,18,20). The van der Waals surface area contributed by atoms with E-state index in [0.29, 0.717) is 11.3 Å². The molecule has 0 radical (unpaired) electrons. The highest BCUT2D eigenvalue weighted by atomic mass is 79.9. The van der Waals surface area contributed by atoms with Crippen LogP contribution in [0, 0.1) is 0 Å². The number of hydrogen-bond donors (Lipinski definition) is 2. The molecule has 1 saturated carbocycles. The quantitative estimate of drug-likeness (QED) is 0.851. The van der Waals surface area contributed by atoms with Gasteiger partial charge in [0.25, 0.3) is 5.91 Å². The highest BCUT2D eigenvalue weighted by Gasteiger charge is 2.17. The Hall–Kier alpha value is -1.07. The maximum Gasteiger partial charge on any atom is 0.258 e. The first-order chi connectivity index (χ1) is 10.1. The summed E-state index contributed by atoms with van der Waals surface area (Å²) in [5.74, 6) is 0.441. The molecule has 2 rings (SSSR count). The maximum absolute atomic E-state index is 11.9. The van der Waals surface area contributed by atoms with Crippen LogP contribution in [0.3, 0.4) is 0 Å². The fraction of sp³-hybridized carbons (Fsp3) is 0.562. The van der Waals surface area contributed by atoms with Crippen LogP contribution in [0.4, 0.5) is 0 Å². The molecule has 1 aromatic carbocycles. The van der Waals surface area contributed by atoms with Crippen LogP contribution in [0.1, 0.15) is 50.7 Å². The average molecular weight is 356 g/mol. The summed E-state index contributed by atoms with van der Waals surface area (Å²) in [5, 5.41) is 12.7. The maximum atomic E-state index is 11.9. The summed E-state index contributed by atoms with van der Waals surface area (Å²) in [5.41, 5.74) is 0.684. The van der Waals surface area contributed by atoms with Crippen molar-refractivity contribution in [3.05, 3.63) is 28.2 Å². The van der Waals surface area contributed by atoms with Crippen LogP contribution >= 0.6 is 15.9 Å². The topological polar surface area (TPSA) is 58.6 Å². The summed E-state index contributed by atoms with van der Waals surface area (Å²) in [6.07, 6.45) is 5.11. The van der Waals surface area contributed by atoms with Gasteiger partial charge in [-0.05, 0) is 31.9 Å². The second-order valence-electron chi connectivity index (χ2n) is 5.55. The fourth-order valence-corrected chi connectivity index (χ4v) is 2.98. The predicted molar refractivity (Wildman–Crippen MR) is 85.3 cm³/mol. The van der Waals surface area contributed by atoms with Gasteiger partial charge in [-0.25, -0.2) is 0 Å². The monoisotopic (exact) mass is 355 g/mol. The van der Waals surface area contributed by atoms with Crippen LogP contribution in [-0.2, 0) is 4.79 Å². The number of amides is 1. The molecule has 1 aromatic rings. The van der Waals surface area contributed by atoms with Gasteiger partial charge < -0.3 is 15.2 Å². The smallest absolute Gasteiger partial charge is 0.258 e. The van der Waals surface area contributed by atoms with Crippen molar-refractivity contribution in [3.63, 3.8) is 0 Å². The molecule has 0 saturated heterocycles. The Balaban J connectivity index is 1.89. The molecular weight excluding hydrogens is 334 g/mol. The number of aliphatic hydroxyl groups is 1. The highest BCUT2D eigenvalue weighted by molar-refractivity contribution is 9.10. The van der Waals surface area contributed by atoms with E-state index in [-0.39, 0.29) is 18.6 Å². The van der Waals surface area contributed by atoms with E-state index in [1.807, 2.05) is 6.07 Å². The Morgan fingerprint density at radius 3 is 2.81 bits per heavy atom. The minimum absolute atomic E-state index is 0.0212. The summed E-state index contributed by atoms with van der Waals surface area (Å²) >= 11 is 3.37. The molecule has 1 aliphatic rings. The molecule has 2 N–H and O–H groups in total. The third-order valence-electron chi connectivity index (χ3n) is 3.75. The van der Waals surface area contributed by atoms with E-state index in [1.54, 1.807) is 19.1 Å². The van der Waals surface area contributed by atoms with Crippen LogP contribution in [0.2, 0.25) is 0 Å². The zero-order valence-electron chi connectivity index (χ0n) is 12.3. The SMILES string of the molecule is CC(O)c1ccc(Br)cc1OCC(=O)NC1CCCCC1. The van der Waals surface area contributed by atoms with Gasteiger partial charge in [-0.2, -0.15) is 0 Å². The van der Waals surface area contributed by atoms with E-state index in [1.165, 1.54) is 19.3 Å². The van der Waals surface area contributed by atoms with Crippen molar-refractivity contribution < 1.29 is 14.6 Å². The average Bonchev–Trinajstić information content (AvgIpc) is 2.46. The zero-order valence-corrected chi connectivity index (χ0v) is 13.9. The summed E-state index contributed by atoms with van der Waals surface area (Å²) in [7, 11) is 0. The number of carbonyl (C=O) groups excluding carboxylic acids is 1. The Morgan fingerprint density at radius 1 is 1.43 bits per heavy atom. The van der Waals surface area contributed by atoms with Crippen LogP contribution in [-0.4, -0.2) is 23.7 Å². The van der Waals surface area contributed by atoms with E-state index in [0.717, 1.165) is 17.3 Å². The minimum Gasteiger partial charge on any atom is -0.483 e. The van der Waals surface area contributed by atoms with Gasteiger partial charge in [0, 0.05) is 16.1 Å². The first-order valence-electron chi connectivity index (χ1n) is 7.46. The molecule has 0 spiro atoms. The van der Waals surface area contributed by atoms with Gasteiger partial charge in [0.2, 0.25) is 0 Å². The lowest BCUT2D eigenvalue weighted by Crippen LogP contribution is -2.39. The molecule has 1 fully saturated rings. The molecule has 21 heavy (non-hydrogen) atoms. The lowest BCUT2D eigenvalue weighted by atomic mass is 9.95. The van der Waals surface area contributed by atoms with Crippen LogP contribution in [0.25, 0.3) is 0 Å². The number of rotatable bonds is 5. The Bertz CT molecular complexity index is 484. The van der Waals surface area contributed by atoms with Crippen molar-refractivity contribution >= 4 is 21.8 Å². The number of hydrogen-bond acceptors (Lipinski definition) is 3. The molecule has 116 valence electrons. The molecule has 0 bridgehead atoms. The van der Waals surface area contributed by atoms with Crippen molar-refractivity contribution in [1.29, 1.82) is 0 Å². The molecule has 0 heterocycles. The third-order valence-corrected chi connectivity index (χ3v) is 4.25. The second-order valence-corrected chi connectivity index (χ2v) is 6.46. The Kier molecular flexibility index (Phi) is 6.06. The highest BCUT2D eigenvalue weighted by Crippen LogP contribution is 2.28. The van der Waals surface area contributed by atoms with Gasteiger partial charge in [-0.1, -0.05) is 41.3 Å². The first-order valence-corrected chi connectivity index (χ1v) is 8.25. The van der Waals surface area contributed by atoms with Gasteiger partial charge in [-0.15, -0.1) is 0 Å². The summed E-state index contributed by atoms with van der Waals surface area (Å²) in [4.78, 5) is 11.9. The molecule has 1 aliphatic carbocycles. The number of aliphatic hydroxyl groups excluding tert-OH is 1. The third kappa shape index (κ3) is 5.00. The van der Waals surface area contributed by atoms with Gasteiger partial charge in [0.05, 0.1) is 6.10 Å². The van der Waals surface area contributed by atoms with Crippen molar-refractivity contribution in [2.75, 3.05) is 6.61 Å². The predicted octanol–water partition coefficient (Wildman–Crippen LogP) is 3.33. The van der Waals surface area contributed by atoms with Crippen molar-refractivity contribution in [1.82, 2.24) is 5.32 Å². The molecule has 1 amide bonds. The molecular formula is C16H22BrNO3. The molecule has 1 atom stereocenters. The van der Waals surface area contributed by atoms with Gasteiger partial charge >= 0.3 is 0 Å². The lowest BCUT2D eigenvalue weighted by Gasteiger charge is -2.23. The summed E-state index contributed by atoms with van der Waals surface area (Å²) < 4.78 is 6.44. The van der Waals surface area contributed by atoms with Gasteiger partial charge in [0.15, 0.2) is 6.61 Å². The normalized spacial score (nSPS) is 17.3. The zero-order chi connectivity index (χ0) is 15.2. The number of halogens is 1. The Labute approximate surface area is 134 Å². The Morgan fingerprint density at radius 2 is 2.14 bits per heavy atom. The molecule has 1 unspecified atom stereocenters. The largest absolute Gasteiger partial charge is 0.483 e. The van der Waals surface area contributed by atoms with E-state index in [2.05, 4.69) is 21.2 Å². The molecule has 5 heteroatoms. The van der Waals surface area contributed by atoms with Crippen LogP contribution in [0.5, 0.6) is 5.75 Å². The summed E-state index contributed by atoms with van der Waals surface area (Å²) in [6.45, 7) is 1.66. The summed E-state index contributed by atoms with van der Waals surface area (Å²) in [6, 6.07) is 5.70. The second kappa shape index (κ2) is 7.80. The number of benzene rings is 1. The number of ether oxygens (including phenoxy) is 1. The first kappa shape index (κ1) is 16.3. The van der Waals surface area contributed by atoms with Gasteiger partial charge in [0.1, 0.15) is 5.75 Å². The lowest BCUT2D eigenvalue weighted by molar-refractivity contribution is -0.124. The molecule has 0 aromatic heterocycles. The van der Waals surface area contributed by atoms with Gasteiger partial charge in [-0.3, -0.25) is 4.79 Å². The number of carbonyl (C=O) groups is 1. The van der Waals surface area contributed by atoms with E-state index in [4.69, 9.17) is 4.74 Å². The minimum atomic E-state index is -0.630. The number of nitrogens with one attached hydrogen (secondary N) is 1. The molecule has 0 aliphatic heterocycles. The van der Waals surface area contributed by atoms with E-state index >= 15 is 0 Å². The van der Waals surface area contributed by atoms with Crippen molar-refractivity contribution in [3.8, 4) is 5.75 Å². The van der Waals surface area contributed by atoms with Crippen LogP contribution < -0.4 is 10.1 Å². The van der Waals surface area contributed by atoms with Crippen molar-refractivity contribution in [2.24, 2.45) is 0 Å². The molecule has 4 nitrogen and oxygen atoms in total. The van der Waals surface area contributed by atoms with Crippen molar-refractivity contribution in [2.45, 2.75) is 51.2 Å². The van der Waals surface area contributed by atoms with E-state index < -0.39 is 6.10 Å². The van der Waals surface area contributed by atoms with E-state index in [9.17, 15) is 9.90 Å².